The minimum atomic E-state index is 0.633. The third kappa shape index (κ3) is 5.04. The van der Waals surface area contributed by atoms with E-state index >= 15 is 0 Å². The van der Waals surface area contributed by atoms with Crippen molar-refractivity contribution in [1.82, 2.24) is 15.0 Å². The highest BCUT2D eigenvalue weighted by Gasteiger charge is 2.17. The summed E-state index contributed by atoms with van der Waals surface area (Å²) in [5.74, 6) is 2.21. The second-order valence-electron chi connectivity index (χ2n) is 8.33. The molecule has 1 saturated carbocycles. The monoisotopic (exact) mass is 383 g/mol. The average molecular weight is 384 g/mol. The molecule has 0 amide bonds. The molecule has 1 aromatic heterocycles. The number of hydrogen-bond donors (Lipinski definition) is 2. The van der Waals surface area contributed by atoms with Gasteiger partial charge in [0.2, 0.25) is 11.7 Å². The Labute approximate surface area is 167 Å². The average Bonchev–Trinajstić information content (AvgIpc) is 3.47. The number of aromatic nitrogens is 2. The molecular weight excluding hydrogens is 350 g/mol. The second kappa shape index (κ2) is 9.41. The summed E-state index contributed by atoms with van der Waals surface area (Å²) in [6, 6.07) is 5.98. The minimum Gasteiger partial charge on any atom is -0.397 e. The molecule has 6 nitrogen and oxygen atoms in total. The van der Waals surface area contributed by atoms with Gasteiger partial charge in [-0.05, 0) is 69.4 Å². The van der Waals surface area contributed by atoms with Crippen molar-refractivity contribution in [2.75, 3.05) is 37.2 Å². The summed E-state index contributed by atoms with van der Waals surface area (Å²) in [6.07, 6.45) is 11.3. The van der Waals surface area contributed by atoms with E-state index in [4.69, 9.17) is 10.3 Å². The standard InChI is InChI=1S/C22H33N5O/c23-19-16-18(9-10-20(19)24-12-5-15-27-13-3-4-14-27)22-25-21(28-26-22)11-8-17-6-1-2-7-17/h9-10,16-17,24H,1-8,11-15,23H2. The van der Waals surface area contributed by atoms with Crippen molar-refractivity contribution in [3.8, 4) is 11.4 Å². The van der Waals surface area contributed by atoms with Crippen molar-refractivity contribution in [2.24, 2.45) is 5.92 Å². The predicted molar refractivity (Wildman–Crippen MR) is 113 cm³/mol. The molecule has 1 aliphatic carbocycles. The van der Waals surface area contributed by atoms with E-state index < -0.39 is 0 Å². The predicted octanol–water partition coefficient (Wildman–Crippen LogP) is 4.34. The number of nitrogens with one attached hydrogen (secondary N) is 1. The normalized spacial score (nSPS) is 18.1. The third-order valence-electron chi connectivity index (χ3n) is 6.18. The Morgan fingerprint density at radius 1 is 1.14 bits per heavy atom. The molecule has 2 aliphatic rings. The van der Waals surface area contributed by atoms with Crippen LogP contribution in [0.15, 0.2) is 22.7 Å². The summed E-state index contributed by atoms with van der Waals surface area (Å²) >= 11 is 0. The van der Waals surface area contributed by atoms with Crippen LogP contribution in [-0.2, 0) is 6.42 Å². The number of hydrogen-bond acceptors (Lipinski definition) is 6. The van der Waals surface area contributed by atoms with Gasteiger partial charge in [-0.25, -0.2) is 0 Å². The molecule has 0 spiro atoms. The zero-order chi connectivity index (χ0) is 19.2. The van der Waals surface area contributed by atoms with Crippen molar-refractivity contribution in [2.45, 2.75) is 57.8 Å². The SMILES string of the molecule is Nc1cc(-c2noc(CCC3CCCC3)n2)ccc1NCCCN1CCCC1. The maximum Gasteiger partial charge on any atom is 0.226 e. The van der Waals surface area contributed by atoms with Crippen molar-refractivity contribution in [3.05, 3.63) is 24.1 Å². The number of benzene rings is 1. The van der Waals surface area contributed by atoms with Crippen LogP contribution in [-0.4, -0.2) is 41.2 Å². The highest BCUT2D eigenvalue weighted by Crippen LogP contribution is 2.29. The topological polar surface area (TPSA) is 80.2 Å². The Morgan fingerprint density at radius 2 is 1.96 bits per heavy atom. The second-order valence-corrected chi connectivity index (χ2v) is 8.33. The fraction of sp³-hybridized carbons (Fsp3) is 0.636. The van der Waals surface area contributed by atoms with E-state index in [1.165, 1.54) is 51.6 Å². The largest absolute Gasteiger partial charge is 0.397 e. The van der Waals surface area contributed by atoms with Crippen molar-refractivity contribution in [3.63, 3.8) is 0 Å². The van der Waals surface area contributed by atoms with Gasteiger partial charge in [0, 0.05) is 18.5 Å². The third-order valence-corrected chi connectivity index (χ3v) is 6.18. The molecule has 0 unspecified atom stereocenters. The molecular formula is C22H33N5O. The molecule has 1 saturated heterocycles. The zero-order valence-electron chi connectivity index (χ0n) is 16.8. The van der Waals surface area contributed by atoms with E-state index in [-0.39, 0.29) is 0 Å². The van der Waals surface area contributed by atoms with Gasteiger partial charge in [-0.3, -0.25) is 0 Å². The molecule has 152 valence electrons. The quantitative estimate of drug-likeness (QED) is 0.495. The van der Waals surface area contributed by atoms with Gasteiger partial charge in [-0.1, -0.05) is 30.8 Å². The Balaban J connectivity index is 1.27. The van der Waals surface area contributed by atoms with Crippen LogP contribution in [0.4, 0.5) is 11.4 Å². The van der Waals surface area contributed by atoms with Gasteiger partial charge in [0.1, 0.15) is 0 Å². The van der Waals surface area contributed by atoms with Gasteiger partial charge < -0.3 is 20.5 Å². The molecule has 1 aliphatic heterocycles. The number of aryl methyl sites for hydroxylation is 1. The first-order valence-electron chi connectivity index (χ1n) is 11.0. The molecule has 2 fully saturated rings. The lowest BCUT2D eigenvalue weighted by atomic mass is 10.0. The van der Waals surface area contributed by atoms with E-state index in [0.29, 0.717) is 5.82 Å². The van der Waals surface area contributed by atoms with Gasteiger partial charge in [0.15, 0.2) is 0 Å². The Morgan fingerprint density at radius 3 is 2.75 bits per heavy atom. The van der Waals surface area contributed by atoms with Crippen LogP contribution in [0.2, 0.25) is 0 Å². The number of likely N-dealkylation sites (tertiary alicyclic amines) is 1. The molecule has 6 heteroatoms. The molecule has 1 aromatic carbocycles. The summed E-state index contributed by atoms with van der Waals surface area (Å²) in [4.78, 5) is 7.11. The van der Waals surface area contributed by atoms with E-state index in [1.54, 1.807) is 0 Å². The van der Waals surface area contributed by atoms with E-state index in [1.807, 2.05) is 18.2 Å². The highest BCUT2D eigenvalue weighted by molar-refractivity contribution is 5.73. The minimum absolute atomic E-state index is 0.633. The van der Waals surface area contributed by atoms with Crippen LogP contribution in [0.25, 0.3) is 11.4 Å². The molecule has 3 N–H and O–H groups in total. The lowest BCUT2D eigenvalue weighted by molar-refractivity contribution is 0.337. The maximum absolute atomic E-state index is 6.25. The summed E-state index contributed by atoms with van der Waals surface area (Å²) < 4.78 is 5.45. The first kappa shape index (κ1) is 19.2. The van der Waals surface area contributed by atoms with Crippen LogP contribution >= 0.6 is 0 Å². The van der Waals surface area contributed by atoms with E-state index in [2.05, 4.69) is 20.4 Å². The van der Waals surface area contributed by atoms with Gasteiger partial charge in [0.25, 0.3) is 0 Å². The number of nitrogen functional groups attached to an aromatic ring is 1. The van der Waals surface area contributed by atoms with Crippen LogP contribution < -0.4 is 11.1 Å². The lowest BCUT2D eigenvalue weighted by Crippen LogP contribution is -2.22. The smallest absolute Gasteiger partial charge is 0.226 e. The Kier molecular flexibility index (Phi) is 6.47. The molecule has 0 radical (unpaired) electrons. The molecule has 0 atom stereocenters. The molecule has 4 rings (SSSR count). The van der Waals surface area contributed by atoms with Gasteiger partial charge >= 0.3 is 0 Å². The fourth-order valence-electron chi connectivity index (χ4n) is 4.50. The van der Waals surface area contributed by atoms with Crippen LogP contribution in [0.1, 0.15) is 57.3 Å². The molecule has 0 bridgehead atoms. The van der Waals surface area contributed by atoms with E-state index in [0.717, 1.165) is 61.1 Å². The van der Waals surface area contributed by atoms with Gasteiger partial charge in [-0.2, -0.15) is 4.98 Å². The summed E-state index contributed by atoms with van der Waals surface area (Å²) in [5.41, 5.74) is 8.88. The summed E-state index contributed by atoms with van der Waals surface area (Å²) in [7, 11) is 0. The maximum atomic E-state index is 6.25. The Hall–Kier alpha value is -2.08. The number of rotatable bonds is 9. The summed E-state index contributed by atoms with van der Waals surface area (Å²) in [5, 5.41) is 7.61. The van der Waals surface area contributed by atoms with Crippen LogP contribution in [0.3, 0.4) is 0 Å². The molecule has 28 heavy (non-hydrogen) atoms. The van der Waals surface area contributed by atoms with E-state index in [9.17, 15) is 0 Å². The van der Waals surface area contributed by atoms with Gasteiger partial charge in [0.05, 0.1) is 11.4 Å². The molecule has 2 aromatic rings. The number of nitrogens with zero attached hydrogens (tertiary/aromatic N) is 3. The molecule has 2 heterocycles. The lowest BCUT2D eigenvalue weighted by Gasteiger charge is -2.15. The number of nitrogens with two attached hydrogens (primary N) is 1. The highest BCUT2D eigenvalue weighted by atomic mass is 16.5. The van der Waals surface area contributed by atoms with Crippen LogP contribution in [0, 0.1) is 5.92 Å². The van der Waals surface area contributed by atoms with Gasteiger partial charge in [-0.15, -0.1) is 0 Å². The number of anilines is 2. The first-order valence-corrected chi connectivity index (χ1v) is 11.0. The zero-order valence-corrected chi connectivity index (χ0v) is 16.8. The van der Waals surface area contributed by atoms with Crippen molar-refractivity contribution >= 4 is 11.4 Å². The Bertz CT molecular complexity index is 747. The first-order chi connectivity index (χ1) is 13.8. The fourth-order valence-corrected chi connectivity index (χ4v) is 4.50. The summed E-state index contributed by atoms with van der Waals surface area (Å²) in [6.45, 7) is 4.61. The van der Waals surface area contributed by atoms with Crippen molar-refractivity contribution < 1.29 is 4.52 Å². The van der Waals surface area contributed by atoms with Crippen LogP contribution in [0.5, 0.6) is 0 Å². The van der Waals surface area contributed by atoms with Crippen molar-refractivity contribution in [1.29, 1.82) is 0 Å².